The number of hydrogen-bond donors (Lipinski definition) is 3. The highest BCUT2D eigenvalue weighted by molar-refractivity contribution is 9.10. The molecule has 0 amide bonds. The van der Waals surface area contributed by atoms with E-state index >= 15 is 0 Å². The summed E-state index contributed by atoms with van der Waals surface area (Å²) in [5.41, 5.74) is 0.932. The smallest absolute Gasteiger partial charge is 0.120 e. The number of phenolic OH excluding ortho intramolecular Hbond substituents is 1. The number of rotatable bonds is 9. The van der Waals surface area contributed by atoms with Crippen LogP contribution < -0.4 is 5.32 Å². The molecule has 0 heterocycles. The van der Waals surface area contributed by atoms with Gasteiger partial charge in [0.05, 0.1) is 0 Å². The Hall–Kier alpha value is -0.580. The number of aliphatic hydroxyl groups is 1. The van der Waals surface area contributed by atoms with E-state index in [9.17, 15) is 5.11 Å². The van der Waals surface area contributed by atoms with Crippen LogP contribution in [0, 0.1) is 5.92 Å². The summed E-state index contributed by atoms with van der Waals surface area (Å²) in [5, 5.41) is 22.6. The van der Waals surface area contributed by atoms with Gasteiger partial charge in [0.2, 0.25) is 0 Å². The Kier molecular flexibility index (Phi) is 8.19. The van der Waals surface area contributed by atoms with Gasteiger partial charge < -0.3 is 15.5 Å². The number of phenols is 1. The molecule has 3 nitrogen and oxygen atoms in total. The second-order valence-corrected chi connectivity index (χ2v) is 6.15. The molecule has 1 aromatic rings. The molecule has 0 saturated heterocycles. The lowest BCUT2D eigenvalue weighted by Gasteiger charge is -2.23. The van der Waals surface area contributed by atoms with Crippen LogP contribution in [-0.4, -0.2) is 23.4 Å². The first-order valence-electron chi connectivity index (χ1n) is 7.44. The van der Waals surface area contributed by atoms with E-state index < -0.39 is 0 Å². The third-order valence-corrected chi connectivity index (χ3v) is 4.15. The Morgan fingerprint density at radius 1 is 1.25 bits per heavy atom. The lowest BCUT2D eigenvalue weighted by atomic mass is 9.98. The summed E-state index contributed by atoms with van der Waals surface area (Å²) in [7, 11) is 0. The van der Waals surface area contributed by atoms with Crippen molar-refractivity contribution < 1.29 is 10.2 Å². The average molecular weight is 344 g/mol. The Labute approximate surface area is 130 Å². The van der Waals surface area contributed by atoms with Gasteiger partial charge in [0.1, 0.15) is 5.75 Å². The number of hydrogen-bond acceptors (Lipinski definition) is 3. The molecule has 0 aliphatic carbocycles. The molecular weight excluding hydrogens is 318 g/mol. The maximum atomic E-state index is 10.0. The molecule has 2 unspecified atom stereocenters. The molecule has 1 aromatic carbocycles. The van der Waals surface area contributed by atoms with Crippen molar-refractivity contribution >= 4 is 15.9 Å². The maximum Gasteiger partial charge on any atom is 0.120 e. The molecule has 0 radical (unpaired) electrons. The standard InChI is InChI=1S/C16H26BrNO2/c1-3-5-12(8-9-19)11-18-15(4-2)14-10-13(17)6-7-16(14)20/h6-7,10,12,15,18-20H,3-5,8-9,11H2,1-2H3. The summed E-state index contributed by atoms with van der Waals surface area (Å²) in [6.45, 7) is 5.39. The van der Waals surface area contributed by atoms with Crippen LogP contribution in [-0.2, 0) is 0 Å². The van der Waals surface area contributed by atoms with Crippen LogP contribution in [0.25, 0.3) is 0 Å². The fraction of sp³-hybridized carbons (Fsp3) is 0.625. The average Bonchev–Trinajstić information content (AvgIpc) is 2.43. The van der Waals surface area contributed by atoms with Gasteiger partial charge in [0, 0.05) is 22.7 Å². The Morgan fingerprint density at radius 2 is 2.00 bits per heavy atom. The van der Waals surface area contributed by atoms with Crippen LogP contribution in [0.3, 0.4) is 0 Å². The number of aromatic hydroxyl groups is 1. The minimum absolute atomic E-state index is 0.144. The summed E-state index contributed by atoms with van der Waals surface area (Å²) in [6, 6.07) is 5.68. The fourth-order valence-electron chi connectivity index (χ4n) is 2.53. The highest BCUT2D eigenvalue weighted by atomic mass is 79.9. The predicted molar refractivity (Wildman–Crippen MR) is 86.9 cm³/mol. The molecule has 0 saturated carbocycles. The normalized spacial score (nSPS) is 14.2. The molecule has 114 valence electrons. The summed E-state index contributed by atoms with van der Waals surface area (Å²) in [6.07, 6.45) is 4.00. The summed E-state index contributed by atoms with van der Waals surface area (Å²) < 4.78 is 0.978. The molecule has 0 spiro atoms. The molecule has 0 bridgehead atoms. The largest absolute Gasteiger partial charge is 0.508 e. The second kappa shape index (κ2) is 9.37. The molecule has 0 fully saturated rings. The predicted octanol–water partition coefficient (Wildman–Crippen LogP) is 3.99. The molecule has 3 N–H and O–H groups in total. The van der Waals surface area contributed by atoms with E-state index in [2.05, 4.69) is 35.1 Å². The van der Waals surface area contributed by atoms with Crippen LogP contribution in [0.1, 0.15) is 51.1 Å². The van der Waals surface area contributed by atoms with Gasteiger partial charge in [0.25, 0.3) is 0 Å². The van der Waals surface area contributed by atoms with Gasteiger partial charge >= 0.3 is 0 Å². The summed E-state index contributed by atoms with van der Waals surface area (Å²) in [4.78, 5) is 0. The first-order valence-corrected chi connectivity index (χ1v) is 8.24. The maximum absolute atomic E-state index is 10.0. The second-order valence-electron chi connectivity index (χ2n) is 5.24. The van der Waals surface area contributed by atoms with E-state index in [1.807, 2.05) is 12.1 Å². The Morgan fingerprint density at radius 3 is 2.60 bits per heavy atom. The molecule has 0 aliphatic rings. The Bertz CT molecular complexity index is 392. The zero-order chi connectivity index (χ0) is 15.0. The number of benzene rings is 1. The van der Waals surface area contributed by atoms with Gasteiger partial charge in [-0.25, -0.2) is 0 Å². The van der Waals surface area contributed by atoms with Crippen molar-refractivity contribution in [3.8, 4) is 5.75 Å². The van der Waals surface area contributed by atoms with E-state index in [4.69, 9.17) is 5.11 Å². The number of nitrogens with one attached hydrogen (secondary N) is 1. The van der Waals surface area contributed by atoms with Gasteiger partial charge in [-0.15, -0.1) is 0 Å². The van der Waals surface area contributed by atoms with E-state index in [0.29, 0.717) is 11.7 Å². The molecule has 0 aromatic heterocycles. The Balaban J connectivity index is 2.68. The summed E-state index contributed by atoms with van der Waals surface area (Å²) >= 11 is 3.45. The molecule has 2 atom stereocenters. The van der Waals surface area contributed by atoms with Crippen LogP contribution in [0.5, 0.6) is 5.75 Å². The van der Waals surface area contributed by atoms with Crippen LogP contribution in [0.2, 0.25) is 0 Å². The van der Waals surface area contributed by atoms with Crippen molar-refractivity contribution in [2.45, 2.75) is 45.6 Å². The number of halogens is 1. The first kappa shape index (κ1) is 17.5. The van der Waals surface area contributed by atoms with Crippen molar-refractivity contribution in [1.82, 2.24) is 5.32 Å². The van der Waals surface area contributed by atoms with Gasteiger partial charge in [-0.05, 0) is 49.9 Å². The zero-order valence-corrected chi connectivity index (χ0v) is 14.0. The third kappa shape index (κ3) is 5.43. The molecule has 4 heteroatoms. The highest BCUT2D eigenvalue weighted by Crippen LogP contribution is 2.29. The van der Waals surface area contributed by atoms with Crippen LogP contribution in [0.4, 0.5) is 0 Å². The van der Waals surface area contributed by atoms with E-state index in [0.717, 1.165) is 42.3 Å². The topological polar surface area (TPSA) is 52.5 Å². The molecule has 0 aliphatic heterocycles. The van der Waals surface area contributed by atoms with Gasteiger partial charge in [-0.2, -0.15) is 0 Å². The van der Waals surface area contributed by atoms with Crippen LogP contribution >= 0.6 is 15.9 Å². The van der Waals surface area contributed by atoms with E-state index in [1.54, 1.807) is 6.07 Å². The van der Waals surface area contributed by atoms with Gasteiger partial charge in [-0.1, -0.05) is 36.2 Å². The monoisotopic (exact) mass is 343 g/mol. The lowest BCUT2D eigenvalue weighted by Crippen LogP contribution is -2.27. The minimum Gasteiger partial charge on any atom is -0.508 e. The SMILES string of the molecule is CCCC(CCO)CNC(CC)c1cc(Br)ccc1O. The lowest BCUT2D eigenvalue weighted by molar-refractivity contribution is 0.244. The third-order valence-electron chi connectivity index (χ3n) is 3.66. The fourth-order valence-corrected chi connectivity index (χ4v) is 2.91. The molecule has 20 heavy (non-hydrogen) atoms. The van der Waals surface area contributed by atoms with Crippen molar-refractivity contribution in [1.29, 1.82) is 0 Å². The van der Waals surface area contributed by atoms with Crippen molar-refractivity contribution in [2.75, 3.05) is 13.2 Å². The van der Waals surface area contributed by atoms with Gasteiger partial charge in [0.15, 0.2) is 0 Å². The molecular formula is C16H26BrNO2. The van der Waals surface area contributed by atoms with E-state index in [1.165, 1.54) is 0 Å². The van der Waals surface area contributed by atoms with Crippen molar-refractivity contribution in [3.05, 3.63) is 28.2 Å². The first-order chi connectivity index (χ1) is 9.62. The zero-order valence-electron chi connectivity index (χ0n) is 12.4. The number of aliphatic hydroxyl groups excluding tert-OH is 1. The summed E-state index contributed by atoms with van der Waals surface area (Å²) in [5.74, 6) is 0.829. The van der Waals surface area contributed by atoms with E-state index in [-0.39, 0.29) is 12.6 Å². The van der Waals surface area contributed by atoms with Crippen LogP contribution in [0.15, 0.2) is 22.7 Å². The highest BCUT2D eigenvalue weighted by Gasteiger charge is 2.16. The minimum atomic E-state index is 0.144. The quantitative estimate of drug-likeness (QED) is 0.635. The van der Waals surface area contributed by atoms with Crippen molar-refractivity contribution in [2.24, 2.45) is 5.92 Å². The molecule has 1 rings (SSSR count). The van der Waals surface area contributed by atoms with Gasteiger partial charge in [-0.3, -0.25) is 0 Å². The van der Waals surface area contributed by atoms with Crippen molar-refractivity contribution in [3.63, 3.8) is 0 Å².